The standard InChI is InChI=1S/C15H12FNS/c16-13-8-6-11(7-9-13)14-10-18-15(17-14)12-4-2-1-3-5-12/h1-10,15,17H. The average molecular weight is 257 g/mol. The first kappa shape index (κ1) is 11.4. The number of rotatable bonds is 2. The number of hydrogen-bond acceptors (Lipinski definition) is 2. The largest absolute Gasteiger partial charge is 0.368 e. The highest BCUT2D eigenvalue weighted by Crippen LogP contribution is 2.37. The molecule has 1 aliphatic rings. The van der Waals surface area contributed by atoms with E-state index >= 15 is 0 Å². The summed E-state index contributed by atoms with van der Waals surface area (Å²) >= 11 is 1.74. The van der Waals surface area contributed by atoms with E-state index in [9.17, 15) is 4.39 Å². The van der Waals surface area contributed by atoms with Gasteiger partial charge in [0.25, 0.3) is 0 Å². The van der Waals surface area contributed by atoms with Gasteiger partial charge in [0.1, 0.15) is 11.2 Å². The highest BCUT2D eigenvalue weighted by molar-refractivity contribution is 8.02. The molecule has 1 unspecified atom stereocenters. The Labute approximate surface area is 110 Å². The lowest BCUT2D eigenvalue weighted by Gasteiger charge is -2.13. The Hall–Kier alpha value is -1.74. The maximum absolute atomic E-state index is 12.9. The van der Waals surface area contributed by atoms with E-state index in [4.69, 9.17) is 0 Å². The highest BCUT2D eigenvalue weighted by Gasteiger charge is 2.18. The van der Waals surface area contributed by atoms with Gasteiger partial charge in [-0.25, -0.2) is 4.39 Å². The molecule has 3 heteroatoms. The molecule has 0 amide bonds. The zero-order valence-electron chi connectivity index (χ0n) is 9.64. The predicted octanol–water partition coefficient (Wildman–Crippen LogP) is 4.16. The van der Waals surface area contributed by atoms with Crippen molar-refractivity contribution in [2.75, 3.05) is 0 Å². The molecule has 1 N–H and O–H groups in total. The lowest BCUT2D eigenvalue weighted by Crippen LogP contribution is -2.11. The van der Waals surface area contributed by atoms with Crippen LogP contribution in [0.1, 0.15) is 16.5 Å². The third-order valence-corrected chi connectivity index (χ3v) is 3.90. The summed E-state index contributed by atoms with van der Waals surface area (Å²) in [7, 11) is 0. The van der Waals surface area contributed by atoms with Gasteiger partial charge < -0.3 is 5.32 Å². The molecular formula is C15H12FNS. The van der Waals surface area contributed by atoms with E-state index in [1.165, 1.54) is 17.7 Å². The molecule has 1 aliphatic heterocycles. The highest BCUT2D eigenvalue weighted by atomic mass is 32.2. The van der Waals surface area contributed by atoms with Crippen LogP contribution in [0.2, 0.25) is 0 Å². The fraction of sp³-hybridized carbons (Fsp3) is 0.0667. The van der Waals surface area contributed by atoms with Crippen LogP contribution in [-0.4, -0.2) is 0 Å². The summed E-state index contributed by atoms with van der Waals surface area (Å²) in [6.45, 7) is 0. The Morgan fingerprint density at radius 2 is 1.67 bits per heavy atom. The molecule has 3 rings (SSSR count). The lowest BCUT2D eigenvalue weighted by atomic mass is 10.1. The van der Waals surface area contributed by atoms with Crippen molar-refractivity contribution in [1.29, 1.82) is 0 Å². The molecule has 1 atom stereocenters. The molecule has 1 nitrogen and oxygen atoms in total. The van der Waals surface area contributed by atoms with E-state index in [-0.39, 0.29) is 11.2 Å². The summed E-state index contributed by atoms with van der Waals surface area (Å²) in [5, 5.41) is 5.77. The van der Waals surface area contributed by atoms with Gasteiger partial charge >= 0.3 is 0 Å². The monoisotopic (exact) mass is 257 g/mol. The van der Waals surface area contributed by atoms with Crippen LogP contribution >= 0.6 is 11.8 Å². The van der Waals surface area contributed by atoms with E-state index in [0.717, 1.165) is 11.3 Å². The second-order valence-corrected chi connectivity index (χ2v) is 5.09. The smallest absolute Gasteiger partial charge is 0.123 e. The zero-order chi connectivity index (χ0) is 12.4. The molecule has 0 saturated heterocycles. The van der Waals surface area contributed by atoms with Crippen molar-refractivity contribution in [2.45, 2.75) is 5.37 Å². The van der Waals surface area contributed by atoms with Gasteiger partial charge in [0.2, 0.25) is 0 Å². The molecule has 0 fully saturated rings. The topological polar surface area (TPSA) is 12.0 Å². The molecule has 0 aromatic heterocycles. The molecular weight excluding hydrogens is 245 g/mol. The molecule has 2 aromatic carbocycles. The molecule has 1 heterocycles. The summed E-state index contributed by atoms with van der Waals surface area (Å²) in [5.41, 5.74) is 3.31. The first-order valence-electron chi connectivity index (χ1n) is 5.76. The molecule has 0 spiro atoms. The number of benzene rings is 2. The Kier molecular flexibility index (Phi) is 3.07. The SMILES string of the molecule is Fc1ccc(C2=CSC(c3ccccc3)N2)cc1. The van der Waals surface area contributed by atoms with E-state index in [0.29, 0.717) is 0 Å². The van der Waals surface area contributed by atoms with Gasteiger partial charge in [-0.05, 0) is 40.8 Å². The minimum atomic E-state index is -0.204. The third-order valence-electron chi connectivity index (χ3n) is 2.87. The quantitative estimate of drug-likeness (QED) is 0.867. The summed E-state index contributed by atoms with van der Waals surface area (Å²) in [6.07, 6.45) is 0. The van der Waals surface area contributed by atoms with Gasteiger partial charge in [-0.15, -0.1) is 11.8 Å². The van der Waals surface area contributed by atoms with Crippen LogP contribution in [0.15, 0.2) is 60.0 Å². The average Bonchev–Trinajstić information content (AvgIpc) is 2.90. The lowest BCUT2D eigenvalue weighted by molar-refractivity contribution is 0.627. The Morgan fingerprint density at radius 3 is 2.39 bits per heavy atom. The van der Waals surface area contributed by atoms with Crippen molar-refractivity contribution >= 4 is 17.5 Å². The van der Waals surface area contributed by atoms with Crippen LogP contribution < -0.4 is 5.32 Å². The molecule has 0 saturated carbocycles. The first-order valence-corrected chi connectivity index (χ1v) is 6.70. The van der Waals surface area contributed by atoms with Gasteiger partial charge in [0.05, 0.1) is 0 Å². The van der Waals surface area contributed by atoms with Crippen LogP contribution in [0.3, 0.4) is 0 Å². The minimum Gasteiger partial charge on any atom is -0.368 e. The molecule has 2 aromatic rings. The number of nitrogens with one attached hydrogen (secondary N) is 1. The Balaban J connectivity index is 1.77. The van der Waals surface area contributed by atoms with Crippen LogP contribution in [0.25, 0.3) is 5.70 Å². The van der Waals surface area contributed by atoms with E-state index in [2.05, 4.69) is 22.9 Å². The van der Waals surface area contributed by atoms with E-state index in [1.807, 2.05) is 18.2 Å². The summed E-state index contributed by atoms with van der Waals surface area (Å²) in [4.78, 5) is 0. The van der Waals surface area contributed by atoms with E-state index < -0.39 is 0 Å². The first-order chi connectivity index (χ1) is 8.83. The van der Waals surface area contributed by atoms with Crippen LogP contribution in [0.4, 0.5) is 4.39 Å². The van der Waals surface area contributed by atoms with Gasteiger partial charge in [-0.1, -0.05) is 30.3 Å². The van der Waals surface area contributed by atoms with Crippen molar-refractivity contribution < 1.29 is 4.39 Å². The van der Waals surface area contributed by atoms with Crippen molar-refractivity contribution in [3.05, 3.63) is 76.9 Å². The fourth-order valence-electron chi connectivity index (χ4n) is 1.92. The second kappa shape index (κ2) is 4.86. The second-order valence-electron chi connectivity index (χ2n) is 4.11. The van der Waals surface area contributed by atoms with Crippen LogP contribution in [0, 0.1) is 5.82 Å². The predicted molar refractivity (Wildman–Crippen MR) is 74.3 cm³/mol. The van der Waals surface area contributed by atoms with E-state index in [1.54, 1.807) is 23.9 Å². The summed E-state index contributed by atoms with van der Waals surface area (Å²) in [5.74, 6) is -0.204. The van der Waals surface area contributed by atoms with Crippen molar-refractivity contribution in [1.82, 2.24) is 5.32 Å². The van der Waals surface area contributed by atoms with Crippen molar-refractivity contribution in [2.24, 2.45) is 0 Å². The number of hydrogen-bond donors (Lipinski definition) is 1. The molecule has 0 radical (unpaired) electrons. The van der Waals surface area contributed by atoms with Gasteiger partial charge in [0, 0.05) is 5.70 Å². The van der Waals surface area contributed by atoms with Crippen molar-refractivity contribution in [3.63, 3.8) is 0 Å². The zero-order valence-corrected chi connectivity index (χ0v) is 10.5. The maximum atomic E-state index is 12.9. The van der Waals surface area contributed by atoms with Gasteiger partial charge in [-0.2, -0.15) is 0 Å². The summed E-state index contributed by atoms with van der Waals surface area (Å²) in [6, 6.07) is 16.8. The third kappa shape index (κ3) is 2.27. The number of thioether (sulfide) groups is 1. The fourth-order valence-corrected chi connectivity index (χ4v) is 2.90. The maximum Gasteiger partial charge on any atom is 0.123 e. The number of halogens is 1. The molecule has 90 valence electrons. The van der Waals surface area contributed by atoms with Crippen LogP contribution in [-0.2, 0) is 0 Å². The van der Waals surface area contributed by atoms with Crippen LogP contribution in [0.5, 0.6) is 0 Å². The normalized spacial score (nSPS) is 18.3. The molecule has 0 aliphatic carbocycles. The van der Waals surface area contributed by atoms with Crippen molar-refractivity contribution in [3.8, 4) is 0 Å². The molecule has 18 heavy (non-hydrogen) atoms. The van der Waals surface area contributed by atoms with Gasteiger partial charge in [0.15, 0.2) is 0 Å². The Bertz CT molecular complexity index is 563. The minimum absolute atomic E-state index is 0.204. The summed E-state index contributed by atoms with van der Waals surface area (Å²) < 4.78 is 12.9. The van der Waals surface area contributed by atoms with Gasteiger partial charge in [-0.3, -0.25) is 0 Å². The molecule has 0 bridgehead atoms. The Morgan fingerprint density at radius 1 is 0.944 bits per heavy atom.